The molecule has 0 N–H and O–H groups in total. The van der Waals surface area contributed by atoms with Crippen LogP contribution in [0.4, 0.5) is 0 Å². The molecular formula is C16H15ClO6. The van der Waals surface area contributed by atoms with Crippen molar-refractivity contribution in [1.29, 1.82) is 0 Å². The van der Waals surface area contributed by atoms with E-state index in [4.69, 9.17) is 25.5 Å². The Hall–Kier alpha value is -2.47. The molecule has 0 saturated carbocycles. The molecule has 0 spiro atoms. The monoisotopic (exact) mass is 338 g/mol. The molecule has 23 heavy (non-hydrogen) atoms. The summed E-state index contributed by atoms with van der Waals surface area (Å²) in [6.45, 7) is 1.56. The SMILES string of the molecule is COC(=O)c1oc(COC(=O)c2cc(Cl)ccc2OC)cc1C. The summed E-state index contributed by atoms with van der Waals surface area (Å²) in [6, 6.07) is 6.24. The Kier molecular flexibility index (Phi) is 5.28. The highest BCUT2D eigenvalue weighted by Crippen LogP contribution is 2.24. The maximum Gasteiger partial charge on any atom is 0.374 e. The minimum atomic E-state index is -0.613. The summed E-state index contributed by atoms with van der Waals surface area (Å²) in [4.78, 5) is 23.6. The molecule has 1 heterocycles. The van der Waals surface area contributed by atoms with Gasteiger partial charge < -0.3 is 18.6 Å². The number of furan rings is 1. The summed E-state index contributed by atoms with van der Waals surface area (Å²) >= 11 is 5.88. The molecule has 2 aromatic rings. The number of ether oxygens (including phenoxy) is 3. The number of benzene rings is 1. The van der Waals surface area contributed by atoms with Gasteiger partial charge >= 0.3 is 11.9 Å². The molecule has 0 unspecified atom stereocenters. The van der Waals surface area contributed by atoms with E-state index < -0.39 is 11.9 Å². The lowest BCUT2D eigenvalue weighted by Crippen LogP contribution is -2.07. The van der Waals surface area contributed by atoms with Gasteiger partial charge in [-0.25, -0.2) is 9.59 Å². The third-order valence-corrected chi connectivity index (χ3v) is 3.30. The number of carbonyl (C=O) groups is 2. The van der Waals surface area contributed by atoms with Crippen molar-refractivity contribution in [2.24, 2.45) is 0 Å². The number of aryl methyl sites for hydroxylation is 1. The molecule has 0 aliphatic rings. The third-order valence-electron chi connectivity index (χ3n) is 3.07. The van der Waals surface area contributed by atoms with Crippen LogP contribution in [0, 0.1) is 6.92 Å². The largest absolute Gasteiger partial charge is 0.496 e. The van der Waals surface area contributed by atoms with Gasteiger partial charge in [0, 0.05) is 10.6 Å². The number of rotatable bonds is 5. The second-order valence-electron chi connectivity index (χ2n) is 4.64. The van der Waals surface area contributed by atoms with Crippen LogP contribution in [0.3, 0.4) is 0 Å². The van der Waals surface area contributed by atoms with E-state index >= 15 is 0 Å². The summed E-state index contributed by atoms with van der Waals surface area (Å²) < 4.78 is 20.2. The van der Waals surface area contributed by atoms with Crippen molar-refractivity contribution in [2.75, 3.05) is 14.2 Å². The lowest BCUT2D eigenvalue weighted by molar-refractivity contribution is 0.0435. The molecule has 1 aromatic heterocycles. The topological polar surface area (TPSA) is 75.0 Å². The smallest absolute Gasteiger partial charge is 0.374 e. The fourth-order valence-electron chi connectivity index (χ4n) is 1.97. The van der Waals surface area contributed by atoms with E-state index in [0.717, 1.165) is 0 Å². The molecule has 0 aliphatic heterocycles. The Bertz CT molecular complexity index is 734. The van der Waals surface area contributed by atoms with Gasteiger partial charge in [0.1, 0.15) is 23.7 Å². The molecular weight excluding hydrogens is 324 g/mol. The van der Waals surface area contributed by atoms with Crippen molar-refractivity contribution in [3.8, 4) is 5.75 Å². The van der Waals surface area contributed by atoms with Gasteiger partial charge in [-0.1, -0.05) is 11.6 Å². The van der Waals surface area contributed by atoms with Gasteiger partial charge in [0.15, 0.2) is 0 Å². The van der Waals surface area contributed by atoms with Gasteiger partial charge in [-0.05, 0) is 31.2 Å². The molecule has 0 radical (unpaired) electrons. The maximum atomic E-state index is 12.1. The molecule has 7 heteroatoms. The van der Waals surface area contributed by atoms with Gasteiger partial charge in [-0.3, -0.25) is 0 Å². The first-order valence-electron chi connectivity index (χ1n) is 6.64. The minimum absolute atomic E-state index is 0.0823. The van der Waals surface area contributed by atoms with E-state index in [9.17, 15) is 9.59 Å². The van der Waals surface area contributed by atoms with Crippen LogP contribution in [-0.4, -0.2) is 26.2 Å². The van der Waals surface area contributed by atoms with Crippen LogP contribution in [0.2, 0.25) is 5.02 Å². The maximum absolute atomic E-state index is 12.1. The van der Waals surface area contributed by atoms with E-state index in [1.54, 1.807) is 25.1 Å². The fraction of sp³-hybridized carbons (Fsp3) is 0.250. The summed E-state index contributed by atoms with van der Waals surface area (Å²) in [7, 11) is 2.70. The summed E-state index contributed by atoms with van der Waals surface area (Å²) in [5, 5.41) is 0.388. The molecule has 6 nitrogen and oxygen atoms in total. The molecule has 0 atom stereocenters. The van der Waals surface area contributed by atoms with Crippen molar-refractivity contribution in [2.45, 2.75) is 13.5 Å². The molecule has 0 bridgehead atoms. The molecule has 0 aliphatic carbocycles. The second-order valence-corrected chi connectivity index (χ2v) is 5.07. The summed E-state index contributed by atoms with van der Waals surface area (Å²) in [5.41, 5.74) is 0.805. The highest BCUT2D eigenvalue weighted by atomic mass is 35.5. The molecule has 0 saturated heterocycles. The fourth-order valence-corrected chi connectivity index (χ4v) is 2.14. The average molecular weight is 339 g/mol. The standard InChI is InChI=1S/C16H15ClO6/c1-9-6-11(23-14(9)16(19)21-3)8-22-15(18)12-7-10(17)4-5-13(12)20-2/h4-7H,8H2,1-3H3. The molecule has 0 amide bonds. The first-order valence-corrected chi connectivity index (χ1v) is 7.02. The third kappa shape index (κ3) is 3.84. The van der Waals surface area contributed by atoms with Gasteiger partial charge in [0.25, 0.3) is 0 Å². The lowest BCUT2D eigenvalue weighted by Gasteiger charge is -2.08. The van der Waals surface area contributed by atoms with Gasteiger partial charge in [-0.2, -0.15) is 0 Å². The lowest BCUT2D eigenvalue weighted by atomic mass is 10.2. The van der Waals surface area contributed by atoms with Crippen LogP contribution >= 0.6 is 11.6 Å². The number of esters is 2. The zero-order valence-electron chi connectivity index (χ0n) is 12.8. The quantitative estimate of drug-likeness (QED) is 0.778. The van der Waals surface area contributed by atoms with Crippen LogP contribution in [0.5, 0.6) is 5.75 Å². The van der Waals surface area contributed by atoms with Crippen LogP contribution in [-0.2, 0) is 16.1 Å². The van der Waals surface area contributed by atoms with Crippen molar-refractivity contribution in [3.05, 3.63) is 51.9 Å². The van der Waals surface area contributed by atoms with Gasteiger partial charge in [0.05, 0.1) is 14.2 Å². The summed E-state index contributed by atoms with van der Waals surface area (Å²) in [5.74, 6) is -0.434. The van der Waals surface area contributed by atoms with E-state index in [2.05, 4.69) is 4.74 Å². The van der Waals surface area contributed by atoms with E-state index in [1.165, 1.54) is 20.3 Å². The molecule has 1 aromatic carbocycles. The van der Waals surface area contributed by atoms with Crippen molar-refractivity contribution >= 4 is 23.5 Å². The normalized spacial score (nSPS) is 10.3. The van der Waals surface area contributed by atoms with E-state index in [1.807, 2.05) is 0 Å². The van der Waals surface area contributed by atoms with Crippen LogP contribution in [0.25, 0.3) is 0 Å². The zero-order chi connectivity index (χ0) is 17.0. The van der Waals surface area contributed by atoms with Gasteiger partial charge in [-0.15, -0.1) is 0 Å². The zero-order valence-corrected chi connectivity index (χ0v) is 13.6. The number of halogens is 1. The van der Waals surface area contributed by atoms with E-state index in [-0.39, 0.29) is 17.9 Å². The Balaban J connectivity index is 2.11. The van der Waals surface area contributed by atoms with Crippen molar-refractivity contribution in [1.82, 2.24) is 0 Å². The Morgan fingerprint density at radius 1 is 1.17 bits per heavy atom. The first kappa shape index (κ1) is 16.9. The number of hydrogen-bond acceptors (Lipinski definition) is 6. The van der Waals surface area contributed by atoms with Crippen LogP contribution in [0.1, 0.15) is 32.2 Å². The molecule has 0 fully saturated rings. The average Bonchev–Trinajstić information content (AvgIpc) is 2.92. The number of carbonyl (C=O) groups excluding carboxylic acids is 2. The number of hydrogen-bond donors (Lipinski definition) is 0. The van der Waals surface area contributed by atoms with Gasteiger partial charge in [0.2, 0.25) is 5.76 Å². The Morgan fingerprint density at radius 2 is 1.91 bits per heavy atom. The predicted molar refractivity (Wildman–Crippen MR) is 81.9 cm³/mol. The highest BCUT2D eigenvalue weighted by Gasteiger charge is 2.19. The summed E-state index contributed by atoms with van der Waals surface area (Å²) in [6.07, 6.45) is 0. The van der Waals surface area contributed by atoms with Crippen molar-refractivity contribution in [3.63, 3.8) is 0 Å². The molecule has 122 valence electrons. The highest BCUT2D eigenvalue weighted by molar-refractivity contribution is 6.31. The minimum Gasteiger partial charge on any atom is -0.496 e. The Labute approximate surface area is 137 Å². The number of methoxy groups -OCH3 is 2. The molecule has 2 rings (SSSR count). The van der Waals surface area contributed by atoms with Crippen LogP contribution in [0.15, 0.2) is 28.7 Å². The first-order chi connectivity index (χ1) is 11.0. The van der Waals surface area contributed by atoms with E-state index in [0.29, 0.717) is 22.1 Å². The van der Waals surface area contributed by atoms with Crippen LogP contribution < -0.4 is 4.74 Å². The van der Waals surface area contributed by atoms with Crippen molar-refractivity contribution < 1.29 is 28.2 Å². The second kappa shape index (κ2) is 7.19. The Morgan fingerprint density at radius 3 is 2.57 bits per heavy atom. The predicted octanol–water partition coefficient (Wildman–Crippen LogP) is 3.39.